The lowest BCUT2D eigenvalue weighted by molar-refractivity contribution is -0.134. The van der Waals surface area contributed by atoms with Crippen LogP contribution in [-0.2, 0) is 11.2 Å². The van der Waals surface area contributed by atoms with Gasteiger partial charge in [-0.1, -0.05) is 57.5 Å². The Morgan fingerprint density at radius 1 is 1.13 bits per heavy atom. The summed E-state index contributed by atoms with van der Waals surface area (Å²) >= 11 is 6.63. The molecule has 0 aliphatic carbocycles. The van der Waals surface area contributed by atoms with Crippen molar-refractivity contribution in [3.63, 3.8) is 0 Å². The molecule has 31 heavy (non-hydrogen) atoms. The zero-order chi connectivity index (χ0) is 22.8. The third kappa shape index (κ3) is 5.35. The van der Waals surface area contributed by atoms with E-state index in [0.717, 1.165) is 29.5 Å². The van der Waals surface area contributed by atoms with E-state index in [1.54, 1.807) is 14.2 Å². The third-order valence-electron chi connectivity index (χ3n) is 5.88. The molecule has 1 aliphatic heterocycles. The minimum atomic E-state index is -0.244. The van der Waals surface area contributed by atoms with E-state index in [4.69, 9.17) is 21.1 Å². The van der Waals surface area contributed by atoms with E-state index in [9.17, 15) is 4.79 Å². The van der Waals surface area contributed by atoms with Gasteiger partial charge < -0.3 is 14.4 Å². The van der Waals surface area contributed by atoms with Gasteiger partial charge in [0.05, 0.1) is 20.3 Å². The fourth-order valence-electron chi connectivity index (χ4n) is 4.78. The summed E-state index contributed by atoms with van der Waals surface area (Å²) in [5.41, 5.74) is 3.35. The van der Waals surface area contributed by atoms with Crippen molar-refractivity contribution >= 4 is 17.5 Å². The molecule has 2 aromatic rings. The number of benzene rings is 2. The number of amides is 1. The molecule has 0 aromatic heterocycles. The van der Waals surface area contributed by atoms with Crippen LogP contribution in [0.3, 0.4) is 0 Å². The maximum Gasteiger partial charge on any atom is 0.223 e. The van der Waals surface area contributed by atoms with Gasteiger partial charge in [-0.25, -0.2) is 0 Å². The van der Waals surface area contributed by atoms with E-state index in [-0.39, 0.29) is 17.4 Å². The first-order valence-corrected chi connectivity index (χ1v) is 11.3. The zero-order valence-electron chi connectivity index (χ0n) is 19.5. The maximum atomic E-state index is 13.5. The van der Waals surface area contributed by atoms with Crippen LogP contribution in [0.4, 0.5) is 0 Å². The Balaban J connectivity index is 2.02. The van der Waals surface area contributed by atoms with Crippen LogP contribution in [0.25, 0.3) is 0 Å². The number of carbonyl (C=O) groups excluding carboxylic acids is 1. The molecule has 1 amide bonds. The Kier molecular flexibility index (Phi) is 7.20. The highest BCUT2D eigenvalue weighted by Crippen LogP contribution is 2.43. The van der Waals surface area contributed by atoms with Crippen molar-refractivity contribution < 1.29 is 14.3 Å². The monoisotopic (exact) mass is 443 g/mol. The molecule has 0 saturated heterocycles. The molecular weight excluding hydrogens is 410 g/mol. The summed E-state index contributed by atoms with van der Waals surface area (Å²) in [4.78, 5) is 15.5. The minimum absolute atomic E-state index is 0.169. The lowest BCUT2D eigenvalue weighted by Gasteiger charge is -2.39. The van der Waals surface area contributed by atoms with Crippen LogP contribution in [0.15, 0.2) is 36.4 Å². The topological polar surface area (TPSA) is 38.8 Å². The SMILES string of the molecule is COc1cc2c(cc1OC)[C@@H](c1ccccc1Cl)N(C(=O)C[C@@H](C)CC(C)(C)C)CC2. The Bertz CT molecular complexity index is 935. The quantitative estimate of drug-likeness (QED) is 0.526. The van der Waals surface area contributed by atoms with Gasteiger partial charge in [-0.15, -0.1) is 0 Å². The Labute approximate surface area is 191 Å². The van der Waals surface area contributed by atoms with Crippen LogP contribution in [0.2, 0.25) is 5.02 Å². The minimum Gasteiger partial charge on any atom is -0.493 e. The number of rotatable bonds is 6. The van der Waals surface area contributed by atoms with Crippen LogP contribution < -0.4 is 9.47 Å². The highest BCUT2D eigenvalue weighted by Gasteiger charge is 2.35. The number of nitrogens with zero attached hydrogens (tertiary/aromatic N) is 1. The van der Waals surface area contributed by atoms with E-state index in [1.807, 2.05) is 41.3 Å². The van der Waals surface area contributed by atoms with Gasteiger partial charge in [-0.05, 0) is 59.1 Å². The summed E-state index contributed by atoms with van der Waals surface area (Å²) in [6.45, 7) is 9.48. The lowest BCUT2D eigenvalue weighted by Crippen LogP contribution is -2.41. The van der Waals surface area contributed by atoms with E-state index < -0.39 is 0 Å². The van der Waals surface area contributed by atoms with E-state index in [2.05, 4.69) is 27.7 Å². The van der Waals surface area contributed by atoms with Gasteiger partial charge in [-0.3, -0.25) is 4.79 Å². The summed E-state index contributed by atoms with van der Waals surface area (Å²) in [7, 11) is 3.28. The van der Waals surface area contributed by atoms with Gasteiger partial charge >= 0.3 is 0 Å². The smallest absolute Gasteiger partial charge is 0.223 e. The molecule has 0 N–H and O–H groups in total. The third-order valence-corrected chi connectivity index (χ3v) is 6.22. The van der Waals surface area contributed by atoms with Crippen molar-refractivity contribution in [3.8, 4) is 11.5 Å². The number of hydrogen-bond donors (Lipinski definition) is 0. The molecule has 4 nitrogen and oxygen atoms in total. The van der Waals surface area contributed by atoms with E-state index in [0.29, 0.717) is 35.4 Å². The van der Waals surface area contributed by atoms with Crippen molar-refractivity contribution in [2.45, 2.75) is 53.0 Å². The molecular formula is C26H34ClNO3. The molecule has 3 rings (SSSR count). The summed E-state index contributed by atoms with van der Waals surface area (Å²) in [5, 5.41) is 0.663. The number of carbonyl (C=O) groups is 1. The number of ether oxygens (including phenoxy) is 2. The average Bonchev–Trinajstić information content (AvgIpc) is 2.70. The number of halogens is 1. The maximum absolute atomic E-state index is 13.5. The Morgan fingerprint density at radius 2 is 1.77 bits per heavy atom. The second-order valence-corrected chi connectivity index (χ2v) is 10.1. The number of fused-ring (bicyclic) bond motifs is 1. The Morgan fingerprint density at radius 3 is 2.39 bits per heavy atom. The lowest BCUT2D eigenvalue weighted by atomic mass is 9.83. The first kappa shape index (κ1) is 23.5. The van der Waals surface area contributed by atoms with Gasteiger partial charge in [0.2, 0.25) is 5.91 Å². The Hall–Kier alpha value is -2.20. The zero-order valence-corrected chi connectivity index (χ0v) is 20.3. The summed E-state index contributed by atoms with van der Waals surface area (Å²) in [6.07, 6.45) is 2.31. The fourth-order valence-corrected chi connectivity index (χ4v) is 5.02. The summed E-state index contributed by atoms with van der Waals surface area (Å²) in [5.74, 6) is 1.85. The molecule has 5 heteroatoms. The molecule has 168 valence electrons. The highest BCUT2D eigenvalue weighted by atomic mass is 35.5. The van der Waals surface area contributed by atoms with Crippen LogP contribution in [-0.4, -0.2) is 31.6 Å². The summed E-state index contributed by atoms with van der Waals surface area (Å²) in [6, 6.07) is 11.6. The molecule has 1 heterocycles. The largest absolute Gasteiger partial charge is 0.493 e. The molecule has 0 saturated carbocycles. The van der Waals surface area contributed by atoms with Gasteiger partial charge in [0.1, 0.15) is 0 Å². The fraction of sp³-hybridized carbons (Fsp3) is 0.500. The normalized spacial score (nSPS) is 17.1. The summed E-state index contributed by atoms with van der Waals surface area (Å²) < 4.78 is 11.1. The molecule has 0 unspecified atom stereocenters. The second-order valence-electron chi connectivity index (χ2n) is 9.74. The molecule has 0 radical (unpaired) electrons. The van der Waals surface area contributed by atoms with Crippen molar-refractivity contribution in [2.75, 3.05) is 20.8 Å². The van der Waals surface area contributed by atoms with Crippen LogP contribution >= 0.6 is 11.6 Å². The molecule has 0 fully saturated rings. The second kappa shape index (κ2) is 9.52. The molecule has 0 bridgehead atoms. The highest BCUT2D eigenvalue weighted by molar-refractivity contribution is 6.31. The molecule has 2 atom stereocenters. The number of hydrogen-bond acceptors (Lipinski definition) is 3. The van der Waals surface area contributed by atoms with Crippen molar-refractivity contribution in [1.29, 1.82) is 0 Å². The molecule has 1 aliphatic rings. The first-order chi connectivity index (χ1) is 14.6. The number of methoxy groups -OCH3 is 2. The first-order valence-electron chi connectivity index (χ1n) is 10.9. The van der Waals surface area contributed by atoms with Crippen molar-refractivity contribution in [2.24, 2.45) is 11.3 Å². The van der Waals surface area contributed by atoms with Gasteiger partial charge in [0.15, 0.2) is 11.5 Å². The molecule has 2 aromatic carbocycles. The van der Waals surface area contributed by atoms with Crippen LogP contribution in [0, 0.1) is 11.3 Å². The molecule has 0 spiro atoms. The van der Waals surface area contributed by atoms with Gasteiger partial charge in [0, 0.05) is 18.0 Å². The van der Waals surface area contributed by atoms with Crippen LogP contribution in [0.5, 0.6) is 11.5 Å². The standard InChI is InChI=1S/C26H34ClNO3/c1-17(16-26(2,3)4)13-24(29)28-12-11-18-14-22(30-5)23(31-6)15-20(18)25(28)19-9-7-8-10-21(19)27/h7-10,14-15,17,25H,11-13,16H2,1-6H3/t17-,25-/m1/s1. The average molecular weight is 444 g/mol. The van der Waals surface area contributed by atoms with Gasteiger partial charge in [-0.2, -0.15) is 0 Å². The van der Waals surface area contributed by atoms with Crippen molar-refractivity contribution in [1.82, 2.24) is 4.90 Å². The predicted molar refractivity (Wildman–Crippen MR) is 126 cm³/mol. The van der Waals surface area contributed by atoms with Crippen LogP contribution in [0.1, 0.15) is 63.3 Å². The van der Waals surface area contributed by atoms with E-state index in [1.165, 1.54) is 0 Å². The van der Waals surface area contributed by atoms with Crippen molar-refractivity contribution in [3.05, 3.63) is 58.1 Å². The van der Waals surface area contributed by atoms with Gasteiger partial charge in [0.25, 0.3) is 0 Å². The predicted octanol–water partition coefficient (Wildman–Crippen LogP) is 6.29. The van der Waals surface area contributed by atoms with E-state index >= 15 is 0 Å².